The van der Waals surface area contributed by atoms with Gasteiger partial charge in [0.05, 0.1) is 6.61 Å². The van der Waals surface area contributed by atoms with Crippen LogP contribution in [-0.4, -0.2) is 44.1 Å². The Morgan fingerprint density at radius 3 is 2.40 bits per heavy atom. The molecule has 0 unspecified atom stereocenters. The van der Waals surface area contributed by atoms with Crippen LogP contribution in [0.25, 0.3) is 0 Å². The number of ether oxygens (including phenoxy) is 1. The van der Waals surface area contributed by atoms with Crippen molar-refractivity contribution in [1.29, 1.82) is 0 Å². The van der Waals surface area contributed by atoms with Crippen molar-refractivity contribution < 1.29 is 9.53 Å². The summed E-state index contributed by atoms with van der Waals surface area (Å²) in [6.07, 6.45) is 0. The van der Waals surface area contributed by atoms with Crippen molar-refractivity contribution in [2.45, 2.75) is 13.5 Å². The number of amides is 1. The predicted molar refractivity (Wildman–Crippen MR) is 101 cm³/mol. The number of hydrogen-bond acceptors (Lipinski definition) is 3. The quantitative estimate of drug-likeness (QED) is 0.834. The summed E-state index contributed by atoms with van der Waals surface area (Å²) in [5.41, 5.74) is 4.16. The summed E-state index contributed by atoms with van der Waals surface area (Å²) >= 11 is 6.13. The fourth-order valence-electron chi connectivity index (χ4n) is 3.17. The summed E-state index contributed by atoms with van der Waals surface area (Å²) in [5.74, 6) is 0.0893. The van der Waals surface area contributed by atoms with E-state index < -0.39 is 0 Å². The number of carbonyl (C=O) groups excluding carboxylic acids is 1. The number of benzene rings is 2. The molecule has 1 aliphatic heterocycles. The van der Waals surface area contributed by atoms with Gasteiger partial charge in [0.2, 0.25) is 0 Å². The molecule has 4 nitrogen and oxygen atoms in total. The molecule has 0 aromatic heterocycles. The first-order valence-corrected chi connectivity index (χ1v) is 8.84. The van der Waals surface area contributed by atoms with E-state index in [1.807, 2.05) is 47.4 Å². The van der Waals surface area contributed by atoms with Gasteiger partial charge in [0, 0.05) is 49.6 Å². The van der Waals surface area contributed by atoms with Crippen LogP contribution in [0.3, 0.4) is 0 Å². The van der Waals surface area contributed by atoms with Gasteiger partial charge in [-0.3, -0.25) is 4.79 Å². The van der Waals surface area contributed by atoms with Gasteiger partial charge < -0.3 is 14.5 Å². The minimum atomic E-state index is 0.0893. The van der Waals surface area contributed by atoms with Crippen LogP contribution in [0.4, 0.5) is 5.69 Å². The van der Waals surface area contributed by atoms with E-state index in [-0.39, 0.29) is 5.91 Å². The van der Waals surface area contributed by atoms with E-state index in [4.69, 9.17) is 16.3 Å². The molecule has 2 aromatic rings. The third kappa shape index (κ3) is 4.14. The first-order valence-electron chi connectivity index (χ1n) is 8.47. The largest absolute Gasteiger partial charge is 0.380 e. The summed E-state index contributed by atoms with van der Waals surface area (Å²) in [6.45, 7) is 5.70. The fraction of sp³-hybridized carbons (Fsp3) is 0.350. The van der Waals surface area contributed by atoms with Gasteiger partial charge in [-0.1, -0.05) is 29.8 Å². The zero-order valence-electron chi connectivity index (χ0n) is 14.7. The Morgan fingerprint density at radius 2 is 1.76 bits per heavy atom. The van der Waals surface area contributed by atoms with Crippen LogP contribution in [-0.2, 0) is 11.3 Å². The van der Waals surface area contributed by atoms with Crippen molar-refractivity contribution in [1.82, 2.24) is 4.90 Å². The van der Waals surface area contributed by atoms with Crippen molar-refractivity contribution in [3.63, 3.8) is 0 Å². The molecule has 5 heteroatoms. The normalized spacial score (nSPS) is 14.7. The maximum atomic E-state index is 12.7. The Bertz CT molecular complexity index is 738. The van der Waals surface area contributed by atoms with E-state index in [2.05, 4.69) is 11.8 Å². The highest BCUT2D eigenvalue weighted by Crippen LogP contribution is 2.25. The third-order valence-electron chi connectivity index (χ3n) is 4.59. The summed E-state index contributed by atoms with van der Waals surface area (Å²) in [5, 5.41) is 0.746. The van der Waals surface area contributed by atoms with E-state index in [1.54, 1.807) is 7.11 Å². The van der Waals surface area contributed by atoms with E-state index >= 15 is 0 Å². The van der Waals surface area contributed by atoms with Gasteiger partial charge in [-0.05, 0) is 42.3 Å². The van der Waals surface area contributed by atoms with Gasteiger partial charge in [-0.25, -0.2) is 0 Å². The van der Waals surface area contributed by atoms with E-state index in [9.17, 15) is 4.79 Å². The molecule has 1 fully saturated rings. The van der Waals surface area contributed by atoms with Gasteiger partial charge in [0.1, 0.15) is 0 Å². The average Bonchev–Trinajstić information content (AvgIpc) is 2.64. The number of piperazine rings is 1. The second kappa shape index (κ2) is 7.89. The molecule has 25 heavy (non-hydrogen) atoms. The number of aryl methyl sites for hydroxylation is 1. The van der Waals surface area contributed by atoms with Gasteiger partial charge in [0.25, 0.3) is 5.91 Å². The summed E-state index contributed by atoms with van der Waals surface area (Å²) < 4.78 is 5.11. The number of carbonyl (C=O) groups is 1. The molecular formula is C20H23ClN2O2. The average molecular weight is 359 g/mol. The summed E-state index contributed by atoms with van der Waals surface area (Å²) in [7, 11) is 1.67. The molecule has 1 aliphatic rings. The second-order valence-electron chi connectivity index (χ2n) is 6.34. The molecule has 1 heterocycles. The maximum absolute atomic E-state index is 12.7. The predicted octanol–water partition coefficient (Wildman–Crippen LogP) is 3.76. The Hall–Kier alpha value is -2.04. The van der Waals surface area contributed by atoms with Crippen molar-refractivity contribution in [2.75, 3.05) is 38.2 Å². The lowest BCUT2D eigenvalue weighted by atomic mass is 10.1. The van der Waals surface area contributed by atoms with Crippen LogP contribution in [0.5, 0.6) is 0 Å². The number of anilines is 1. The molecule has 2 aromatic carbocycles. The summed E-state index contributed by atoms with van der Waals surface area (Å²) in [4.78, 5) is 16.9. The standard InChI is InChI=1S/C20H23ClN2O2/c1-15-3-8-18(21)13-19(15)22-9-11-23(12-10-22)20(24)17-6-4-16(5-7-17)14-25-2/h3-8,13H,9-12,14H2,1-2H3. The lowest BCUT2D eigenvalue weighted by Gasteiger charge is -2.37. The molecule has 1 amide bonds. The molecule has 0 atom stereocenters. The molecule has 3 rings (SSSR count). The molecule has 0 radical (unpaired) electrons. The zero-order valence-corrected chi connectivity index (χ0v) is 15.4. The van der Waals surface area contributed by atoms with E-state index in [1.165, 1.54) is 5.56 Å². The number of hydrogen-bond donors (Lipinski definition) is 0. The lowest BCUT2D eigenvalue weighted by Crippen LogP contribution is -2.49. The minimum absolute atomic E-state index is 0.0893. The van der Waals surface area contributed by atoms with E-state index in [0.29, 0.717) is 19.7 Å². The Balaban J connectivity index is 1.63. The molecular weight excluding hydrogens is 336 g/mol. The highest BCUT2D eigenvalue weighted by molar-refractivity contribution is 6.30. The van der Waals surface area contributed by atoms with Crippen molar-refractivity contribution in [3.8, 4) is 0 Å². The number of methoxy groups -OCH3 is 1. The SMILES string of the molecule is COCc1ccc(C(=O)N2CCN(c3cc(Cl)ccc3C)CC2)cc1. The Morgan fingerprint density at radius 1 is 1.08 bits per heavy atom. The van der Waals surface area contributed by atoms with Crippen LogP contribution >= 0.6 is 11.6 Å². The monoisotopic (exact) mass is 358 g/mol. The van der Waals surface area contributed by atoms with Crippen LogP contribution in [0, 0.1) is 6.92 Å². The first-order chi connectivity index (χ1) is 12.1. The van der Waals surface area contributed by atoms with Gasteiger partial charge in [-0.2, -0.15) is 0 Å². The van der Waals surface area contributed by atoms with Gasteiger partial charge in [-0.15, -0.1) is 0 Å². The number of rotatable bonds is 4. The lowest BCUT2D eigenvalue weighted by molar-refractivity contribution is 0.0746. The first kappa shape index (κ1) is 17.8. The van der Waals surface area contributed by atoms with Gasteiger partial charge >= 0.3 is 0 Å². The molecule has 0 N–H and O–H groups in total. The Kier molecular flexibility index (Phi) is 5.61. The molecule has 0 bridgehead atoms. The van der Waals surface area contributed by atoms with Crippen molar-refractivity contribution >= 4 is 23.2 Å². The second-order valence-corrected chi connectivity index (χ2v) is 6.78. The third-order valence-corrected chi connectivity index (χ3v) is 4.83. The topological polar surface area (TPSA) is 32.8 Å². The van der Waals surface area contributed by atoms with Crippen LogP contribution in [0.15, 0.2) is 42.5 Å². The molecule has 1 saturated heterocycles. The minimum Gasteiger partial charge on any atom is -0.380 e. The molecule has 0 aliphatic carbocycles. The smallest absolute Gasteiger partial charge is 0.253 e. The Labute approximate surface area is 154 Å². The van der Waals surface area contributed by atoms with Crippen LogP contribution < -0.4 is 4.90 Å². The van der Waals surface area contributed by atoms with Gasteiger partial charge in [0.15, 0.2) is 0 Å². The van der Waals surface area contributed by atoms with E-state index in [0.717, 1.165) is 34.9 Å². The number of nitrogens with zero attached hydrogens (tertiary/aromatic N) is 2. The molecule has 132 valence electrons. The highest BCUT2D eigenvalue weighted by atomic mass is 35.5. The molecule has 0 saturated carbocycles. The molecule has 0 spiro atoms. The highest BCUT2D eigenvalue weighted by Gasteiger charge is 2.23. The summed E-state index contributed by atoms with van der Waals surface area (Å²) in [6, 6.07) is 13.6. The maximum Gasteiger partial charge on any atom is 0.253 e. The van der Waals surface area contributed by atoms with Crippen LogP contribution in [0.2, 0.25) is 5.02 Å². The van der Waals surface area contributed by atoms with Crippen molar-refractivity contribution in [3.05, 3.63) is 64.2 Å². The fourth-order valence-corrected chi connectivity index (χ4v) is 3.33. The zero-order chi connectivity index (χ0) is 17.8. The van der Waals surface area contributed by atoms with Crippen molar-refractivity contribution in [2.24, 2.45) is 0 Å². The van der Waals surface area contributed by atoms with Crippen LogP contribution in [0.1, 0.15) is 21.5 Å². The number of halogens is 1.